The van der Waals surface area contributed by atoms with Crippen LogP contribution in [-0.4, -0.2) is 5.16 Å². The van der Waals surface area contributed by atoms with Crippen LogP contribution in [0.25, 0.3) is 10.9 Å². The van der Waals surface area contributed by atoms with Gasteiger partial charge < -0.3 is 10.3 Å². The first-order chi connectivity index (χ1) is 6.69. The molecule has 1 fully saturated rings. The Morgan fingerprint density at radius 3 is 2.93 bits per heavy atom. The first-order valence-corrected chi connectivity index (χ1v) is 4.84. The molecule has 0 radical (unpaired) electrons. The second-order valence-corrected chi connectivity index (χ2v) is 4.19. The Balaban J connectivity index is 2.27. The number of nitrogens with two attached hydrogens (primary N) is 1. The summed E-state index contributed by atoms with van der Waals surface area (Å²) < 4.78 is 5.32. The Morgan fingerprint density at radius 1 is 1.43 bits per heavy atom. The molecule has 72 valence electrons. The van der Waals surface area contributed by atoms with Crippen LogP contribution in [-0.2, 0) is 5.54 Å². The van der Waals surface area contributed by atoms with E-state index in [1.54, 1.807) is 0 Å². The first-order valence-electron chi connectivity index (χ1n) is 4.84. The normalized spacial score (nSPS) is 18.7. The highest BCUT2D eigenvalue weighted by Crippen LogP contribution is 2.45. The summed E-state index contributed by atoms with van der Waals surface area (Å²) in [4.78, 5) is 0. The summed E-state index contributed by atoms with van der Waals surface area (Å²) in [6.07, 6.45) is 2.01. The van der Waals surface area contributed by atoms with E-state index in [4.69, 9.17) is 10.3 Å². The monoisotopic (exact) mass is 188 g/mol. The molecule has 3 heteroatoms. The number of aryl methyl sites for hydroxylation is 1. The molecule has 3 nitrogen and oxygen atoms in total. The highest BCUT2D eigenvalue weighted by Gasteiger charge is 2.44. The number of benzene rings is 1. The lowest BCUT2D eigenvalue weighted by atomic mass is 10.1. The lowest BCUT2D eigenvalue weighted by molar-refractivity contribution is 0.362. The van der Waals surface area contributed by atoms with Crippen LogP contribution in [0.2, 0.25) is 0 Å². The van der Waals surface area contributed by atoms with E-state index in [2.05, 4.69) is 11.2 Å². The lowest BCUT2D eigenvalue weighted by Crippen LogP contribution is -2.17. The summed E-state index contributed by atoms with van der Waals surface area (Å²) in [6, 6.07) is 6.13. The number of hydrogen-bond acceptors (Lipinski definition) is 3. The molecule has 3 rings (SSSR count). The Kier molecular flexibility index (Phi) is 1.35. The van der Waals surface area contributed by atoms with E-state index in [1.807, 2.05) is 19.1 Å². The van der Waals surface area contributed by atoms with Crippen LogP contribution in [0.4, 0.5) is 0 Å². The Bertz CT molecular complexity index is 497. The van der Waals surface area contributed by atoms with Gasteiger partial charge in [0.1, 0.15) is 5.52 Å². The minimum absolute atomic E-state index is 0.232. The van der Waals surface area contributed by atoms with Crippen LogP contribution in [0.3, 0.4) is 0 Å². The molecule has 0 aliphatic heterocycles. The summed E-state index contributed by atoms with van der Waals surface area (Å²) in [5, 5.41) is 5.10. The molecule has 0 atom stereocenters. The van der Waals surface area contributed by atoms with E-state index >= 15 is 0 Å². The third-order valence-electron chi connectivity index (χ3n) is 2.87. The maximum atomic E-state index is 6.08. The quantitative estimate of drug-likeness (QED) is 0.745. The van der Waals surface area contributed by atoms with E-state index in [-0.39, 0.29) is 5.54 Å². The van der Waals surface area contributed by atoms with E-state index in [0.717, 1.165) is 29.5 Å². The Labute approximate surface area is 81.9 Å². The number of hydrogen-bond donors (Lipinski definition) is 1. The van der Waals surface area contributed by atoms with Crippen LogP contribution < -0.4 is 5.73 Å². The smallest absolute Gasteiger partial charge is 0.164 e. The molecule has 0 bridgehead atoms. The van der Waals surface area contributed by atoms with Gasteiger partial charge in [-0.3, -0.25) is 0 Å². The molecule has 0 spiro atoms. The standard InChI is InChI=1S/C11H12N2O/c1-7-2-3-8-9(6-7)13-14-10(8)11(12)4-5-11/h2-3,6H,4-5,12H2,1H3. The van der Waals surface area contributed by atoms with Crippen molar-refractivity contribution >= 4 is 10.9 Å². The fourth-order valence-electron chi connectivity index (χ4n) is 1.77. The van der Waals surface area contributed by atoms with Crippen LogP contribution in [0, 0.1) is 6.92 Å². The van der Waals surface area contributed by atoms with Gasteiger partial charge in [0, 0.05) is 5.39 Å². The number of nitrogens with zero attached hydrogens (tertiary/aromatic N) is 1. The van der Waals surface area contributed by atoms with E-state index < -0.39 is 0 Å². The molecule has 1 aromatic carbocycles. The van der Waals surface area contributed by atoms with Crippen molar-refractivity contribution in [3.63, 3.8) is 0 Å². The highest BCUT2D eigenvalue weighted by molar-refractivity contribution is 5.82. The fourth-order valence-corrected chi connectivity index (χ4v) is 1.77. The van der Waals surface area contributed by atoms with Gasteiger partial charge in [0.2, 0.25) is 0 Å². The van der Waals surface area contributed by atoms with Gasteiger partial charge in [0.05, 0.1) is 5.54 Å². The van der Waals surface area contributed by atoms with Crippen molar-refractivity contribution in [1.82, 2.24) is 5.16 Å². The summed E-state index contributed by atoms with van der Waals surface area (Å²) >= 11 is 0. The number of fused-ring (bicyclic) bond motifs is 1. The topological polar surface area (TPSA) is 52.0 Å². The molecule has 2 N–H and O–H groups in total. The van der Waals surface area contributed by atoms with Crippen LogP contribution in [0.1, 0.15) is 24.2 Å². The van der Waals surface area contributed by atoms with Crippen LogP contribution >= 0.6 is 0 Å². The second-order valence-electron chi connectivity index (χ2n) is 4.19. The molecule has 1 aliphatic rings. The predicted molar refractivity (Wildman–Crippen MR) is 53.8 cm³/mol. The molecule has 2 aromatic rings. The second kappa shape index (κ2) is 2.36. The molecule has 0 saturated heterocycles. The van der Waals surface area contributed by atoms with Gasteiger partial charge in [-0.15, -0.1) is 0 Å². The zero-order valence-electron chi connectivity index (χ0n) is 8.08. The van der Waals surface area contributed by atoms with Gasteiger partial charge in [0.25, 0.3) is 0 Å². The average molecular weight is 188 g/mol. The van der Waals surface area contributed by atoms with Gasteiger partial charge in [-0.2, -0.15) is 0 Å². The van der Waals surface area contributed by atoms with Crippen molar-refractivity contribution in [1.29, 1.82) is 0 Å². The van der Waals surface area contributed by atoms with Gasteiger partial charge in [-0.05, 0) is 37.5 Å². The number of aromatic nitrogens is 1. The Hall–Kier alpha value is -1.35. The largest absolute Gasteiger partial charge is 0.358 e. The molecule has 1 aliphatic carbocycles. The highest BCUT2D eigenvalue weighted by atomic mass is 16.5. The van der Waals surface area contributed by atoms with Crippen LogP contribution in [0.5, 0.6) is 0 Å². The molecule has 1 heterocycles. The zero-order chi connectivity index (χ0) is 9.76. The molecule has 0 amide bonds. The number of rotatable bonds is 1. The third-order valence-corrected chi connectivity index (χ3v) is 2.87. The molecule has 0 unspecified atom stereocenters. The average Bonchev–Trinajstić information content (AvgIpc) is 2.77. The third kappa shape index (κ3) is 0.990. The maximum absolute atomic E-state index is 6.08. The van der Waals surface area contributed by atoms with Gasteiger partial charge in [0.15, 0.2) is 5.76 Å². The van der Waals surface area contributed by atoms with Gasteiger partial charge in [-0.1, -0.05) is 11.2 Å². The minimum Gasteiger partial charge on any atom is -0.358 e. The van der Waals surface area contributed by atoms with Crippen molar-refractivity contribution in [3.8, 4) is 0 Å². The minimum atomic E-state index is -0.232. The Morgan fingerprint density at radius 2 is 2.21 bits per heavy atom. The molecule has 1 saturated carbocycles. The van der Waals surface area contributed by atoms with Crippen molar-refractivity contribution in [2.45, 2.75) is 25.3 Å². The molecule has 1 aromatic heterocycles. The molecular formula is C11H12N2O. The van der Waals surface area contributed by atoms with E-state index in [0.29, 0.717) is 0 Å². The lowest BCUT2D eigenvalue weighted by Gasteiger charge is -2.02. The van der Waals surface area contributed by atoms with Gasteiger partial charge >= 0.3 is 0 Å². The summed E-state index contributed by atoms with van der Waals surface area (Å²) in [6.45, 7) is 2.04. The SMILES string of the molecule is Cc1ccc2c(C3(N)CC3)onc2c1. The van der Waals surface area contributed by atoms with Gasteiger partial charge in [-0.25, -0.2) is 0 Å². The molecule has 14 heavy (non-hydrogen) atoms. The van der Waals surface area contributed by atoms with E-state index in [1.165, 1.54) is 5.56 Å². The first kappa shape index (κ1) is 8.00. The molecular weight excluding hydrogens is 176 g/mol. The van der Waals surface area contributed by atoms with Crippen molar-refractivity contribution in [2.75, 3.05) is 0 Å². The van der Waals surface area contributed by atoms with Crippen molar-refractivity contribution < 1.29 is 4.52 Å². The van der Waals surface area contributed by atoms with Crippen molar-refractivity contribution in [3.05, 3.63) is 29.5 Å². The zero-order valence-corrected chi connectivity index (χ0v) is 8.08. The summed E-state index contributed by atoms with van der Waals surface area (Å²) in [7, 11) is 0. The van der Waals surface area contributed by atoms with Crippen LogP contribution in [0.15, 0.2) is 22.7 Å². The van der Waals surface area contributed by atoms with Crippen molar-refractivity contribution in [2.24, 2.45) is 5.73 Å². The summed E-state index contributed by atoms with van der Waals surface area (Å²) in [5.41, 5.74) is 7.96. The maximum Gasteiger partial charge on any atom is 0.164 e. The summed E-state index contributed by atoms with van der Waals surface area (Å²) in [5.74, 6) is 0.854. The fraction of sp³-hybridized carbons (Fsp3) is 0.364. The predicted octanol–water partition coefficient (Wildman–Crippen LogP) is 2.08. The van der Waals surface area contributed by atoms with E-state index in [9.17, 15) is 0 Å².